The van der Waals surface area contributed by atoms with Gasteiger partial charge in [0.25, 0.3) is 0 Å². The van der Waals surface area contributed by atoms with Gasteiger partial charge in [-0.25, -0.2) is 0 Å². The Morgan fingerprint density at radius 1 is 1.26 bits per heavy atom. The SMILES string of the molecule is CC(C)C1=CC(N2CCNCC2)=CC2CCC=CC12. The summed E-state index contributed by atoms with van der Waals surface area (Å²) < 4.78 is 0. The minimum Gasteiger partial charge on any atom is -0.369 e. The van der Waals surface area contributed by atoms with Crippen LogP contribution in [0.4, 0.5) is 0 Å². The van der Waals surface area contributed by atoms with Crippen LogP contribution < -0.4 is 5.32 Å². The Kier molecular flexibility index (Phi) is 3.79. The molecule has 2 unspecified atom stereocenters. The fourth-order valence-electron chi connectivity index (χ4n) is 3.60. The number of hydrogen-bond acceptors (Lipinski definition) is 2. The highest BCUT2D eigenvalue weighted by Crippen LogP contribution is 2.40. The lowest BCUT2D eigenvalue weighted by atomic mass is 9.72. The fourth-order valence-corrected chi connectivity index (χ4v) is 3.60. The molecule has 0 saturated carbocycles. The van der Waals surface area contributed by atoms with Gasteiger partial charge in [0.1, 0.15) is 0 Å². The average Bonchev–Trinajstić information content (AvgIpc) is 2.47. The number of piperazine rings is 1. The molecule has 2 nitrogen and oxygen atoms in total. The monoisotopic (exact) mass is 258 g/mol. The van der Waals surface area contributed by atoms with Crippen molar-refractivity contribution >= 4 is 0 Å². The molecule has 0 aromatic rings. The lowest BCUT2D eigenvalue weighted by molar-refractivity contribution is 0.296. The molecule has 0 aromatic carbocycles. The van der Waals surface area contributed by atoms with E-state index in [2.05, 4.69) is 48.4 Å². The summed E-state index contributed by atoms with van der Waals surface area (Å²) in [7, 11) is 0. The number of nitrogens with one attached hydrogen (secondary N) is 1. The van der Waals surface area contributed by atoms with Crippen LogP contribution >= 0.6 is 0 Å². The molecule has 0 amide bonds. The van der Waals surface area contributed by atoms with Crippen LogP contribution in [0.2, 0.25) is 0 Å². The molecule has 1 fully saturated rings. The molecular weight excluding hydrogens is 232 g/mol. The summed E-state index contributed by atoms with van der Waals surface area (Å²) >= 11 is 0. The van der Waals surface area contributed by atoms with Crippen molar-refractivity contribution in [3.8, 4) is 0 Å². The molecule has 19 heavy (non-hydrogen) atoms. The Balaban J connectivity index is 1.87. The largest absolute Gasteiger partial charge is 0.369 e. The first-order valence-electron chi connectivity index (χ1n) is 7.81. The molecule has 2 atom stereocenters. The van der Waals surface area contributed by atoms with Gasteiger partial charge in [-0.05, 0) is 30.8 Å². The van der Waals surface area contributed by atoms with E-state index >= 15 is 0 Å². The van der Waals surface area contributed by atoms with Gasteiger partial charge in [0.15, 0.2) is 0 Å². The van der Waals surface area contributed by atoms with Crippen LogP contribution in [0.5, 0.6) is 0 Å². The first-order chi connectivity index (χ1) is 9.25. The van der Waals surface area contributed by atoms with Crippen LogP contribution in [0.3, 0.4) is 0 Å². The molecule has 0 bridgehead atoms. The standard InChI is InChI=1S/C17H26N2/c1-13(2)17-12-15(19-9-7-18-8-10-19)11-14-5-3-4-6-16(14)17/h4,6,11-14,16,18H,3,5,7-10H2,1-2H3. The van der Waals surface area contributed by atoms with E-state index in [1.54, 1.807) is 5.57 Å². The molecule has 1 saturated heterocycles. The van der Waals surface area contributed by atoms with Crippen LogP contribution in [0, 0.1) is 17.8 Å². The summed E-state index contributed by atoms with van der Waals surface area (Å²) in [6.45, 7) is 9.23. The second-order valence-electron chi connectivity index (χ2n) is 6.32. The Morgan fingerprint density at radius 2 is 2.05 bits per heavy atom. The van der Waals surface area contributed by atoms with Gasteiger partial charge in [-0.1, -0.05) is 37.6 Å². The summed E-state index contributed by atoms with van der Waals surface area (Å²) in [5, 5.41) is 3.44. The lowest BCUT2D eigenvalue weighted by Crippen LogP contribution is -2.43. The van der Waals surface area contributed by atoms with E-state index < -0.39 is 0 Å². The molecule has 1 N–H and O–H groups in total. The van der Waals surface area contributed by atoms with Gasteiger partial charge < -0.3 is 10.2 Å². The molecule has 0 aromatic heterocycles. The molecule has 3 rings (SSSR count). The van der Waals surface area contributed by atoms with E-state index in [4.69, 9.17) is 0 Å². The van der Waals surface area contributed by atoms with E-state index in [0.717, 1.165) is 32.1 Å². The maximum Gasteiger partial charge on any atom is 0.0329 e. The van der Waals surface area contributed by atoms with Crippen LogP contribution in [0.15, 0.2) is 35.6 Å². The number of rotatable bonds is 2. The van der Waals surface area contributed by atoms with E-state index in [9.17, 15) is 0 Å². The minimum atomic E-state index is 0.655. The Bertz CT molecular complexity index is 411. The van der Waals surface area contributed by atoms with Gasteiger partial charge in [-0.3, -0.25) is 0 Å². The number of allylic oxidation sites excluding steroid dienone is 5. The number of hydrogen-bond donors (Lipinski definition) is 1. The Hall–Kier alpha value is -1.02. The van der Waals surface area contributed by atoms with E-state index in [1.165, 1.54) is 18.5 Å². The van der Waals surface area contributed by atoms with Crippen molar-refractivity contribution in [1.82, 2.24) is 10.2 Å². The van der Waals surface area contributed by atoms with E-state index in [1.807, 2.05) is 0 Å². The zero-order chi connectivity index (χ0) is 13.2. The smallest absolute Gasteiger partial charge is 0.0329 e. The van der Waals surface area contributed by atoms with Crippen LogP contribution in [0.25, 0.3) is 0 Å². The van der Waals surface area contributed by atoms with Gasteiger partial charge in [-0.15, -0.1) is 0 Å². The zero-order valence-corrected chi connectivity index (χ0v) is 12.2. The van der Waals surface area contributed by atoms with Crippen molar-refractivity contribution in [1.29, 1.82) is 0 Å². The van der Waals surface area contributed by atoms with Gasteiger partial charge in [0, 0.05) is 37.8 Å². The quantitative estimate of drug-likeness (QED) is 0.766. The second-order valence-corrected chi connectivity index (χ2v) is 6.32. The van der Waals surface area contributed by atoms with Crippen LogP contribution in [0.1, 0.15) is 26.7 Å². The van der Waals surface area contributed by atoms with Gasteiger partial charge in [-0.2, -0.15) is 0 Å². The molecule has 2 aliphatic carbocycles. The maximum atomic E-state index is 3.44. The third-order valence-corrected chi connectivity index (χ3v) is 4.70. The maximum absolute atomic E-state index is 3.44. The van der Waals surface area contributed by atoms with Crippen molar-refractivity contribution in [2.45, 2.75) is 26.7 Å². The third-order valence-electron chi connectivity index (χ3n) is 4.70. The molecule has 2 heteroatoms. The molecule has 0 radical (unpaired) electrons. The third kappa shape index (κ3) is 2.64. The van der Waals surface area contributed by atoms with Crippen molar-refractivity contribution in [2.24, 2.45) is 17.8 Å². The topological polar surface area (TPSA) is 15.3 Å². The first kappa shape index (κ1) is 13.0. The lowest BCUT2D eigenvalue weighted by Gasteiger charge is -2.38. The van der Waals surface area contributed by atoms with Crippen LogP contribution in [-0.4, -0.2) is 31.1 Å². The second kappa shape index (κ2) is 5.54. The molecule has 3 aliphatic rings. The number of fused-ring (bicyclic) bond motifs is 1. The van der Waals surface area contributed by atoms with Gasteiger partial charge in [0.05, 0.1) is 0 Å². The summed E-state index contributed by atoms with van der Waals surface area (Å²) in [4.78, 5) is 2.56. The predicted molar refractivity (Wildman–Crippen MR) is 80.8 cm³/mol. The van der Waals surface area contributed by atoms with Gasteiger partial charge in [0.2, 0.25) is 0 Å². The highest BCUT2D eigenvalue weighted by molar-refractivity contribution is 5.35. The summed E-state index contributed by atoms with van der Waals surface area (Å²) in [6.07, 6.45) is 12.4. The molecule has 1 aliphatic heterocycles. The minimum absolute atomic E-state index is 0.655. The van der Waals surface area contributed by atoms with E-state index in [-0.39, 0.29) is 0 Å². The fraction of sp³-hybridized carbons (Fsp3) is 0.647. The summed E-state index contributed by atoms with van der Waals surface area (Å²) in [5.74, 6) is 2.06. The summed E-state index contributed by atoms with van der Waals surface area (Å²) in [6, 6.07) is 0. The highest BCUT2D eigenvalue weighted by Gasteiger charge is 2.29. The van der Waals surface area contributed by atoms with Crippen molar-refractivity contribution < 1.29 is 0 Å². The number of nitrogens with zero attached hydrogens (tertiary/aromatic N) is 1. The molecule has 0 spiro atoms. The molecule has 1 heterocycles. The summed E-state index contributed by atoms with van der Waals surface area (Å²) in [5.41, 5.74) is 3.12. The Labute approximate surface area is 117 Å². The van der Waals surface area contributed by atoms with Gasteiger partial charge >= 0.3 is 0 Å². The van der Waals surface area contributed by atoms with Crippen LogP contribution in [-0.2, 0) is 0 Å². The first-order valence-corrected chi connectivity index (χ1v) is 7.81. The Morgan fingerprint density at radius 3 is 2.79 bits per heavy atom. The van der Waals surface area contributed by atoms with Crippen molar-refractivity contribution in [2.75, 3.05) is 26.2 Å². The predicted octanol–water partition coefficient (Wildman–Crippen LogP) is 2.95. The normalized spacial score (nSPS) is 31.0. The molecular formula is C17H26N2. The highest BCUT2D eigenvalue weighted by atomic mass is 15.2. The van der Waals surface area contributed by atoms with E-state index in [0.29, 0.717) is 11.8 Å². The average molecular weight is 258 g/mol. The van der Waals surface area contributed by atoms with Crippen molar-refractivity contribution in [3.63, 3.8) is 0 Å². The van der Waals surface area contributed by atoms with Crippen molar-refractivity contribution in [3.05, 3.63) is 35.6 Å². The zero-order valence-electron chi connectivity index (χ0n) is 12.2. The molecule has 104 valence electrons.